The molecule has 0 amide bonds. The Morgan fingerprint density at radius 3 is 2.22 bits per heavy atom. The van der Waals surface area contributed by atoms with Gasteiger partial charge in [-0.1, -0.05) is 84.0 Å². The van der Waals surface area contributed by atoms with Gasteiger partial charge in [-0.05, 0) is 65.9 Å². The molecule has 3 nitrogen and oxygen atoms in total. The van der Waals surface area contributed by atoms with E-state index in [0.717, 1.165) is 51.1 Å². The third-order valence-electron chi connectivity index (χ3n) is 6.67. The molecule has 0 spiro atoms. The summed E-state index contributed by atoms with van der Waals surface area (Å²) in [5.41, 5.74) is 4.21. The Morgan fingerprint density at radius 1 is 0.875 bits per heavy atom. The molecule has 0 atom stereocenters. The fourth-order valence-electron chi connectivity index (χ4n) is 3.45. The molecule has 0 heterocycles. The maximum absolute atomic E-state index is 6.26. The second-order valence-electron chi connectivity index (χ2n) is 9.84. The van der Waals surface area contributed by atoms with Crippen LogP contribution in [0.15, 0.2) is 48.5 Å². The van der Waals surface area contributed by atoms with Gasteiger partial charge in [0, 0.05) is 18.7 Å². The van der Waals surface area contributed by atoms with Gasteiger partial charge in [0.2, 0.25) is 0 Å². The summed E-state index contributed by atoms with van der Waals surface area (Å²) in [4.78, 5) is 0. The van der Waals surface area contributed by atoms with Crippen LogP contribution in [0.1, 0.15) is 83.9 Å². The predicted molar refractivity (Wildman–Crippen MR) is 142 cm³/mol. The van der Waals surface area contributed by atoms with Crippen molar-refractivity contribution in [1.82, 2.24) is 10.6 Å². The largest absolute Gasteiger partial charge is 0.493 e. The maximum Gasteiger partial charge on any atom is 0.166 e. The van der Waals surface area contributed by atoms with Crippen LogP contribution in [-0.2, 0) is 17.4 Å². The van der Waals surface area contributed by atoms with E-state index < -0.39 is 0 Å². The van der Waals surface area contributed by atoms with Crippen LogP contribution in [0.4, 0.5) is 0 Å². The quantitative estimate of drug-likeness (QED) is 0.270. The lowest BCUT2D eigenvalue weighted by atomic mass is 9.76. The summed E-state index contributed by atoms with van der Waals surface area (Å²) >= 11 is 5.38. The van der Waals surface area contributed by atoms with E-state index in [4.69, 9.17) is 17.0 Å². The molecule has 2 aromatic rings. The Morgan fingerprint density at radius 2 is 1.56 bits per heavy atom. The molecular weight excluding hydrogens is 412 g/mol. The van der Waals surface area contributed by atoms with E-state index in [0.29, 0.717) is 5.11 Å². The molecule has 0 saturated carbocycles. The van der Waals surface area contributed by atoms with Gasteiger partial charge in [0.15, 0.2) is 5.11 Å². The van der Waals surface area contributed by atoms with Crippen molar-refractivity contribution < 1.29 is 4.74 Å². The SMILES string of the molecule is CCC(C)(C)c1ccc(OCCCCNC(=S)NCc2ccccc2)c(C(C)(C)CC)c1. The Hall–Kier alpha value is -2.07. The third kappa shape index (κ3) is 7.81. The van der Waals surface area contributed by atoms with Crippen LogP contribution in [0, 0.1) is 0 Å². The van der Waals surface area contributed by atoms with E-state index in [2.05, 4.69) is 82.5 Å². The van der Waals surface area contributed by atoms with Crippen LogP contribution >= 0.6 is 12.2 Å². The molecule has 0 aliphatic rings. The van der Waals surface area contributed by atoms with Crippen LogP contribution in [0.2, 0.25) is 0 Å². The highest BCUT2D eigenvalue weighted by molar-refractivity contribution is 7.80. The van der Waals surface area contributed by atoms with Crippen LogP contribution in [0.3, 0.4) is 0 Å². The van der Waals surface area contributed by atoms with Crippen LogP contribution in [0.5, 0.6) is 5.75 Å². The molecule has 2 aromatic carbocycles. The standard InChI is InChI=1S/C28H42N2OS/c1-7-27(3,4)23-16-17-25(24(20-23)28(5,6)8-2)31-19-13-12-18-29-26(32)30-21-22-14-10-9-11-15-22/h9-11,14-17,20H,7-8,12-13,18-19,21H2,1-6H3,(H2,29,30,32). The van der Waals surface area contributed by atoms with Crippen molar-refractivity contribution in [2.45, 2.75) is 84.6 Å². The van der Waals surface area contributed by atoms with Gasteiger partial charge in [-0.15, -0.1) is 0 Å². The van der Waals surface area contributed by atoms with Crippen molar-refractivity contribution in [3.63, 3.8) is 0 Å². The van der Waals surface area contributed by atoms with Crippen molar-refractivity contribution in [3.05, 3.63) is 65.2 Å². The van der Waals surface area contributed by atoms with E-state index in [9.17, 15) is 0 Å². The first kappa shape index (κ1) is 26.2. The zero-order chi connectivity index (χ0) is 23.6. The molecule has 0 fully saturated rings. The summed E-state index contributed by atoms with van der Waals surface area (Å²) in [6, 6.07) is 17.1. The minimum Gasteiger partial charge on any atom is -0.493 e. The Balaban J connectivity index is 1.81. The third-order valence-corrected chi connectivity index (χ3v) is 6.96. The molecule has 32 heavy (non-hydrogen) atoms. The van der Waals surface area contributed by atoms with E-state index in [1.165, 1.54) is 16.7 Å². The molecule has 2 N–H and O–H groups in total. The van der Waals surface area contributed by atoms with Gasteiger partial charge in [0.05, 0.1) is 6.61 Å². The fraction of sp³-hybridized carbons (Fsp3) is 0.536. The van der Waals surface area contributed by atoms with Gasteiger partial charge in [-0.3, -0.25) is 0 Å². The molecule has 0 radical (unpaired) electrons. The van der Waals surface area contributed by atoms with E-state index >= 15 is 0 Å². The molecular formula is C28H42N2OS. The average Bonchev–Trinajstić information content (AvgIpc) is 2.80. The lowest BCUT2D eigenvalue weighted by Gasteiger charge is -2.30. The number of hydrogen-bond donors (Lipinski definition) is 2. The smallest absolute Gasteiger partial charge is 0.166 e. The number of unbranched alkanes of at least 4 members (excludes halogenated alkanes) is 1. The highest BCUT2D eigenvalue weighted by atomic mass is 32.1. The van der Waals surface area contributed by atoms with Crippen LogP contribution in [-0.4, -0.2) is 18.3 Å². The summed E-state index contributed by atoms with van der Waals surface area (Å²) < 4.78 is 6.26. The highest BCUT2D eigenvalue weighted by Crippen LogP contribution is 2.38. The number of benzene rings is 2. The highest BCUT2D eigenvalue weighted by Gasteiger charge is 2.26. The number of rotatable bonds is 12. The summed E-state index contributed by atoms with van der Waals surface area (Å²) in [7, 11) is 0. The topological polar surface area (TPSA) is 33.3 Å². The molecule has 0 unspecified atom stereocenters. The van der Waals surface area contributed by atoms with Crippen molar-refractivity contribution in [3.8, 4) is 5.75 Å². The fourth-order valence-corrected chi connectivity index (χ4v) is 3.63. The molecule has 0 saturated heterocycles. The Bertz CT molecular complexity index is 846. The molecule has 0 bridgehead atoms. The van der Waals surface area contributed by atoms with Crippen molar-refractivity contribution in [2.75, 3.05) is 13.2 Å². The summed E-state index contributed by atoms with van der Waals surface area (Å²) in [5, 5.41) is 7.25. The first-order valence-electron chi connectivity index (χ1n) is 12.0. The summed E-state index contributed by atoms with van der Waals surface area (Å²) in [5.74, 6) is 1.03. The Kier molecular flexibility index (Phi) is 10.0. The summed E-state index contributed by atoms with van der Waals surface area (Å²) in [6.45, 7) is 16.1. The second kappa shape index (κ2) is 12.2. The normalized spacial score (nSPS) is 11.8. The van der Waals surface area contributed by atoms with Crippen LogP contribution < -0.4 is 15.4 Å². The van der Waals surface area contributed by atoms with Crippen LogP contribution in [0.25, 0.3) is 0 Å². The molecule has 2 rings (SSSR count). The maximum atomic E-state index is 6.26. The number of ether oxygens (including phenoxy) is 1. The molecule has 176 valence electrons. The molecule has 0 aromatic heterocycles. The monoisotopic (exact) mass is 454 g/mol. The van der Waals surface area contributed by atoms with Gasteiger partial charge in [-0.2, -0.15) is 0 Å². The zero-order valence-electron chi connectivity index (χ0n) is 20.9. The van der Waals surface area contributed by atoms with Crippen molar-refractivity contribution in [2.24, 2.45) is 0 Å². The summed E-state index contributed by atoms with van der Waals surface area (Å²) in [6.07, 6.45) is 4.20. The molecule has 4 heteroatoms. The van der Waals surface area contributed by atoms with Gasteiger partial charge in [-0.25, -0.2) is 0 Å². The van der Waals surface area contributed by atoms with Gasteiger partial charge in [0.25, 0.3) is 0 Å². The predicted octanol–water partition coefficient (Wildman–Crippen LogP) is 6.89. The second-order valence-corrected chi connectivity index (χ2v) is 10.2. The first-order chi connectivity index (χ1) is 15.2. The molecule has 0 aliphatic heterocycles. The molecule has 0 aliphatic carbocycles. The van der Waals surface area contributed by atoms with Crippen molar-refractivity contribution >= 4 is 17.3 Å². The Labute approximate surface area is 201 Å². The van der Waals surface area contributed by atoms with Crippen molar-refractivity contribution in [1.29, 1.82) is 0 Å². The van der Waals surface area contributed by atoms with Gasteiger partial charge >= 0.3 is 0 Å². The zero-order valence-corrected chi connectivity index (χ0v) is 21.7. The minimum absolute atomic E-state index is 0.0906. The van der Waals surface area contributed by atoms with E-state index in [1.807, 2.05) is 18.2 Å². The number of thiocarbonyl (C=S) groups is 1. The lowest BCUT2D eigenvalue weighted by molar-refractivity contribution is 0.296. The van der Waals surface area contributed by atoms with Gasteiger partial charge < -0.3 is 15.4 Å². The lowest BCUT2D eigenvalue weighted by Crippen LogP contribution is -2.35. The number of hydrogen-bond acceptors (Lipinski definition) is 2. The minimum atomic E-state index is 0.0906. The van der Waals surface area contributed by atoms with E-state index in [1.54, 1.807) is 0 Å². The van der Waals surface area contributed by atoms with E-state index in [-0.39, 0.29) is 10.8 Å². The first-order valence-corrected chi connectivity index (χ1v) is 12.4. The number of nitrogens with one attached hydrogen (secondary N) is 2. The average molecular weight is 455 g/mol. The van der Waals surface area contributed by atoms with Gasteiger partial charge in [0.1, 0.15) is 5.75 Å².